The molecule has 1 aliphatic rings. The predicted molar refractivity (Wildman–Crippen MR) is 161 cm³/mol. The lowest BCUT2D eigenvalue weighted by Crippen LogP contribution is -2.47. The molecule has 0 amide bonds. The molecule has 0 spiro atoms. The van der Waals surface area contributed by atoms with Crippen LogP contribution in [0.2, 0.25) is 0 Å². The van der Waals surface area contributed by atoms with Crippen molar-refractivity contribution in [1.29, 1.82) is 0 Å². The fourth-order valence-corrected chi connectivity index (χ4v) is 7.21. The first-order valence-corrected chi connectivity index (χ1v) is 13.9. The summed E-state index contributed by atoms with van der Waals surface area (Å²) in [6.07, 6.45) is 0. The third-order valence-corrected chi connectivity index (χ3v) is 8.75. The van der Waals surface area contributed by atoms with Crippen LogP contribution in [0.3, 0.4) is 0 Å². The number of hydrogen-bond acceptors (Lipinski definition) is 3. The molecule has 0 saturated heterocycles. The molecule has 0 unspecified atom stereocenters. The fraction of sp³-hybridized carbons (Fsp3) is 0. The van der Waals surface area contributed by atoms with E-state index in [1.165, 1.54) is 27.3 Å². The van der Waals surface area contributed by atoms with Crippen molar-refractivity contribution in [3.63, 3.8) is 0 Å². The van der Waals surface area contributed by atoms with Crippen LogP contribution in [0.4, 0.5) is 0 Å². The predicted octanol–water partition coefficient (Wildman–Crippen LogP) is 6.74. The van der Waals surface area contributed by atoms with Gasteiger partial charge in [-0.3, -0.25) is 0 Å². The van der Waals surface area contributed by atoms with Gasteiger partial charge in [-0.2, -0.15) is 0 Å². The third-order valence-electron chi connectivity index (χ3n) is 7.81. The van der Waals surface area contributed by atoms with E-state index in [1.807, 2.05) is 0 Å². The molecular formula is C32H20BN5S. The van der Waals surface area contributed by atoms with Crippen LogP contribution in [0.15, 0.2) is 132 Å². The molecule has 5 nitrogen and oxygen atoms in total. The van der Waals surface area contributed by atoms with Crippen LogP contribution in [0, 0.1) is 0 Å². The first-order valence-electron chi connectivity index (χ1n) is 13.1. The molecule has 0 atom stereocenters. The van der Waals surface area contributed by atoms with Gasteiger partial charge in [-0.1, -0.05) is 72.8 Å². The molecular weight excluding hydrogens is 497 g/mol. The van der Waals surface area contributed by atoms with Gasteiger partial charge in [0, 0.05) is 16.5 Å². The number of hydrogen-bond donors (Lipinski definition) is 0. The molecule has 7 heteroatoms. The SMILES string of the molecule is c1ccc(-n2c3ccccc3c3cc(B4n5c(nc6ccccc65)Sc5nc6ccccc6n54)ccc32)cc1. The van der Waals surface area contributed by atoms with Crippen molar-refractivity contribution < 1.29 is 0 Å². The van der Waals surface area contributed by atoms with E-state index in [-0.39, 0.29) is 6.98 Å². The minimum Gasteiger partial charge on any atom is -0.338 e. The molecule has 0 radical (unpaired) electrons. The van der Waals surface area contributed by atoms with E-state index in [0.29, 0.717) is 0 Å². The van der Waals surface area contributed by atoms with E-state index in [4.69, 9.17) is 9.97 Å². The van der Waals surface area contributed by atoms with Gasteiger partial charge in [-0.05, 0) is 65.8 Å². The Kier molecular flexibility index (Phi) is 4.29. The Morgan fingerprint density at radius 1 is 0.513 bits per heavy atom. The van der Waals surface area contributed by atoms with Crippen LogP contribution in [0.5, 0.6) is 0 Å². The van der Waals surface area contributed by atoms with Crippen LogP contribution in [0.1, 0.15) is 0 Å². The number of para-hydroxylation sites is 6. The first kappa shape index (κ1) is 21.2. The topological polar surface area (TPSA) is 40.6 Å². The zero-order valence-corrected chi connectivity index (χ0v) is 21.6. The highest BCUT2D eigenvalue weighted by Gasteiger charge is 2.37. The second kappa shape index (κ2) is 7.88. The van der Waals surface area contributed by atoms with Gasteiger partial charge in [0.2, 0.25) is 0 Å². The number of aromatic nitrogens is 5. The molecule has 0 fully saturated rings. The zero-order valence-electron chi connectivity index (χ0n) is 20.8. The number of fused-ring (bicyclic) bond motifs is 9. The molecule has 8 aromatic rings. The summed E-state index contributed by atoms with van der Waals surface area (Å²) >= 11 is 1.64. The average Bonchev–Trinajstić information content (AvgIpc) is 3.65. The van der Waals surface area contributed by atoms with Crippen molar-refractivity contribution >= 4 is 68.1 Å². The lowest BCUT2D eigenvalue weighted by atomic mass is 9.66. The summed E-state index contributed by atoms with van der Waals surface area (Å²) in [6, 6.07) is 43.0. The molecule has 0 aliphatic carbocycles. The molecule has 0 bridgehead atoms. The molecule has 5 aromatic carbocycles. The molecule has 39 heavy (non-hydrogen) atoms. The Morgan fingerprint density at radius 3 is 1.77 bits per heavy atom. The third kappa shape index (κ3) is 2.93. The van der Waals surface area contributed by atoms with E-state index in [0.717, 1.165) is 38.1 Å². The minimum absolute atomic E-state index is 0.112. The van der Waals surface area contributed by atoms with E-state index in [2.05, 4.69) is 135 Å². The number of imidazole rings is 2. The van der Waals surface area contributed by atoms with Gasteiger partial charge in [0.1, 0.15) is 0 Å². The summed E-state index contributed by atoms with van der Waals surface area (Å²) in [7, 11) is 0. The van der Waals surface area contributed by atoms with E-state index >= 15 is 0 Å². The normalized spacial score (nSPS) is 13.0. The monoisotopic (exact) mass is 517 g/mol. The second-order valence-electron chi connectivity index (χ2n) is 9.95. The van der Waals surface area contributed by atoms with Gasteiger partial charge in [-0.25, -0.2) is 9.97 Å². The maximum Gasteiger partial charge on any atom is 0.424 e. The lowest BCUT2D eigenvalue weighted by molar-refractivity contribution is 0.870. The van der Waals surface area contributed by atoms with Gasteiger partial charge in [0.15, 0.2) is 10.3 Å². The first-order chi connectivity index (χ1) is 19.3. The van der Waals surface area contributed by atoms with Gasteiger partial charge in [0.25, 0.3) is 0 Å². The Labute approximate surface area is 228 Å². The molecule has 1 aliphatic heterocycles. The standard InChI is InChI=1S/C32H20BN5S/c1-2-10-22(11-3-1)36-27-15-7-4-12-23(27)24-20-21(18-19-28(24)36)33-37-29-16-8-5-13-25(29)34-31(37)39-32-35-26-14-6-9-17-30(26)38(32)33/h1-20H. The summed E-state index contributed by atoms with van der Waals surface area (Å²) < 4.78 is 7.11. The highest BCUT2D eigenvalue weighted by Crippen LogP contribution is 2.38. The van der Waals surface area contributed by atoms with Gasteiger partial charge >= 0.3 is 6.98 Å². The maximum absolute atomic E-state index is 5.02. The highest BCUT2D eigenvalue weighted by molar-refractivity contribution is 7.99. The Balaban J connectivity index is 1.37. The van der Waals surface area contributed by atoms with Crippen LogP contribution >= 0.6 is 11.8 Å². The van der Waals surface area contributed by atoms with Crippen LogP contribution < -0.4 is 5.46 Å². The van der Waals surface area contributed by atoms with E-state index < -0.39 is 0 Å². The number of rotatable bonds is 2. The van der Waals surface area contributed by atoms with Crippen molar-refractivity contribution in [3.05, 3.63) is 121 Å². The molecule has 3 aromatic heterocycles. The summed E-state index contributed by atoms with van der Waals surface area (Å²) in [6.45, 7) is -0.112. The quantitative estimate of drug-likeness (QED) is 0.239. The molecule has 182 valence electrons. The summed E-state index contributed by atoms with van der Waals surface area (Å²) in [5, 5.41) is 4.42. The Bertz CT molecular complexity index is 2150. The van der Waals surface area contributed by atoms with Gasteiger partial charge in [-0.15, -0.1) is 0 Å². The Morgan fingerprint density at radius 2 is 1.08 bits per heavy atom. The van der Waals surface area contributed by atoms with E-state index in [1.54, 1.807) is 11.8 Å². The number of nitrogens with zero attached hydrogens (tertiary/aromatic N) is 5. The highest BCUT2D eigenvalue weighted by atomic mass is 32.2. The second-order valence-corrected chi connectivity index (χ2v) is 10.9. The average molecular weight is 517 g/mol. The lowest BCUT2D eigenvalue weighted by Gasteiger charge is -2.25. The summed E-state index contributed by atoms with van der Waals surface area (Å²) in [5.41, 5.74) is 9.02. The zero-order chi connectivity index (χ0) is 25.5. The summed E-state index contributed by atoms with van der Waals surface area (Å²) in [4.78, 5) is 10.0. The largest absolute Gasteiger partial charge is 0.424 e. The van der Waals surface area contributed by atoms with Gasteiger partial charge < -0.3 is 13.5 Å². The van der Waals surface area contributed by atoms with Crippen molar-refractivity contribution in [2.24, 2.45) is 0 Å². The van der Waals surface area contributed by atoms with Crippen LogP contribution in [-0.4, -0.2) is 30.5 Å². The van der Waals surface area contributed by atoms with Gasteiger partial charge in [0.05, 0.1) is 33.1 Å². The van der Waals surface area contributed by atoms with Crippen molar-refractivity contribution in [1.82, 2.24) is 23.5 Å². The maximum atomic E-state index is 5.02. The van der Waals surface area contributed by atoms with Crippen molar-refractivity contribution in [2.75, 3.05) is 0 Å². The minimum atomic E-state index is -0.112. The number of benzene rings is 5. The molecule has 9 rings (SSSR count). The molecule has 0 N–H and O–H groups in total. The van der Waals surface area contributed by atoms with Crippen LogP contribution in [0.25, 0.3) is 49.6 Å². The molecule has 0 saturated carbocycles. The van der Waals surface area contributed by atoms with Crippen LogP contribution in [-0.2, 0) is 0 Å². The fourth-order valence-electron chi connectivity index (χ4n) is 6.16. The smallest absolute Gasteiger partial charge is 0.338 e. The van der Waals surface area contributed by atoms with E-state index in [9.17, 15) is 0 Å². The van der Waals surface area contributed by atoms with Crippen molar-refractivity contribution in [3.8, 4) is 5.69 Å². The Hall–Kier alpha value is -4.75. The molecule has 4 heterocycles. The van der Waals surface area contributed by atoms with Crippen molar-refractivity contribution in [2.45, 2.75) is 10.3 Å². The summed E-state index contributed by atoms with van der Waals surface area (Å²) in [5.74, 6) is 0.